The second kappa shape index (κ2) is 8.00. The Balaban J connectivity index is 1.75. The van der Waals surface area contributed by atoms with E-state index in [9.17, 15) is 4.79 Å². The molecule has 0 spiro atoms. The highest BCUT2D eigenvalue weighted by atomic mass is 16.5. The molecule has 3 aromatic rings. The van der Waals surface area contributed by atoms with Gasteiger partial charge in [-0.15, -0.1) is 0 Å². The Morgan fingerprint density at radius 2 is 1.73 bits per heavy atom. The number of ether oxygens (including phenoxy) is 1. The molecular weight excluding hydrogens is 324 g/mol. The average molecular weight is 342 g/mol. The van der Waals surface area contributed by atoms with Crippen molar-refractivity contribution in [2.75, 3.05) is 5.32 Å². The van der Waals surface area contributed by atoms with Crippen LogP contribution >= 0.6 is 0 Å². The van der Waals surface area contributed by atoms with Gasteiger partial charge < -0.3 is 10.1 Å². The van der Waals surface area contributed by atoms with Gasteiger partial charge in [0.25, 0.3) is 5.91 Å². The molecule has 0 saturated carbocycles. The summed E-state index contributed by atoms with van der Waals surface area (Å²) in [6, 6.07) is 26.3. The van der Waals surface area contributed by atoms with Crippen molar-refractivity contribution in [3.8, 4) is 22.9 Å². The lowest BCUT2D eigenvalue weighted by Gasteiger charge is -2.17. The highest BCUT2D eigenvalue weighted by molar-refractivity contribution is 5.94. The molecule has 0 bridgehead atoms. The van der Waals surface area contributed by atoms with Crippen molar-refractivity contribution in [2.24, 2.45) is 0 Å². The lowest BCUT2D eigenvalue weighted by molar-refractivity contribution is -0.122. The topological polar surface area (TPSA) is 62.1 Å². The molecule has 0 aromatic heterocycles. The van der Waals surface area contributed by atoms with E-state index >= 15 is 0 Å². The number of para-hydroxylation sites is 1. The number of anilines is 1. The van der Waals surface area contributed by atoms with Crippen LogP contribution in [0.25, 0.3) is 11.1 Å². The Bertz CT molecular complexity index is 946. The lowest BCUT2D eigenvalue weighted by atomic mass is 10.0. The molecular formula is C22H18N2O2. The summed E-state index contributed by atoms with van der Waals surface area (Å²) in [6.45, 7) is 1.70. The van der Waals surface area contributed by atoms with Gasteiger partial charge in [0, 0.05) is 11.3 Å². The van der Waals surface area contributed by atoms with Gasteiger partial charge in [-0.3, -0.25) is 4.79 Å². The predicted molar refractivity (Wildman–Crippen MR) is 102 cm³/mol. The Hall–Kier alpha value is -3.58. The zero-order valence-corrected chi connectivity index (χ0v) is 14.3. The van der Waals surface area contributed by atoms with Gasteiger partial charge in [-0.05, 0) is 36.8 Å². The summed E-state index contributed by atoms with van der Waals surface area (Å²) in [7, 11) is 0. The fraction of sp³-hybridized carbons (Fsp3) is 0.0909. The van der Waals surface area contributed by atoms with Crippen molar-refractivity contribution in [3.05, 3.63) is 84.4 Å². The van der Waals surface area contributed by atoms with Crippen LogP contribution in [0.2, 0.25) is 0 Å². The SMILES string of the molecule is C[C@@H](Oc1ccccc1-c1ccccc1)C(=O)Nc1cccc(C#N)c1. The molecule has 3 rings (SSSR count). The van der Waals surface area contributed by atoms with Gasteiger partial charge >= 0.3 is 0 Å². The molecule has 26 heavy (non-hydrogen) atoms. The summed E-state index contributed by atoms with van der Waals surface area (Å²) in [6.07, 6.45) is -0.689. The largest absolute Gasteiger partial charge is 0.480 e. The first kappa shape index (κ1) is 17.2. The van der Waals surface area contributed by atoms with Crippen LogP contribution in [0.5, 0.6) is 5.75 Å². The maximum Gasteiger partial charge on any atom is 0.265 e. The quantitative estimate of drug-likeness (QED) is 0.735. The maximum absolute atomic E-state index is 12.4. The summed E-state index contributed by atoms with van der Waals surface area (Å²) in [4.78, 5) is 12.4. The van der Waals surface area contributed by atoms with Crippen molar-refractivity contribution in [1.82, 2.24) is 0 Å². The highest BCUT2D eigenvalue weighted by Crippen LogP contribution is 2.30. The van der Waals surface area contributed by atoms with Crippen molar-refractivity contribution < 1.29 is 9.53 Å². The van der Waals surface area contributed by atoms with E-state index in [2.05, 4.69) is 11.4 Å². The molecule has 128 valence electrons. The second-order valence-corrected chi connectivity index (χ2v) is 5.80. The average Bonchev–Trinajstić information content (AvgIpc) is 2.69. The first-order chi connectivity index (χ1) is 12.7. The minimum Gasteiger partial charge on any atom is -0.480 e. The summed E-state index contributed by atoms with van der Waals surface area (Å²) in [5.41, 5.74) is 3.02. The molecule has 0 aliphatic rings. The van der Waals surface area contributed by atoms with Crippen LogP contribution in [0.4, 0.5) is 5.69 Å². The van der Waals surface area contributed by atoms with E-state index in [1.54, 1.807) is 31.2 Å². The van der Waals surface area contributed by atoms with E-state index in [-0.39, 0.29) is 5.91 Å². The number of nitrogens with zero attached hydrogens (tertiary/aromatic N) is 1. The van der Waals surface area contributed by atoms with Gasteiger partial charge in [0.1, 0.15) is 5.75 Å². The van der Waals surface area contributed by atoms with Gasteiger partial charge in [-0.25, -0.2) is 0 Å². The molecule has 0 fully saturated rings. The first-order valence-corrected chi connectivity index (χ1v) is 8.29. The Morgan fingerprint density at radius 1 is 1.00 bits per heavy atom. The zero-order valence-electron chi connectivity index (χ0n) is 14.3. The van der Waals surface area contributed by atoms with Crippen LogP contribution in [0, 0.1) is 11.3 Å². The van der Waals surface area contributed by atoms with E-state index < -0.39 is 6.10 Å². The monoisotopic (exact) mass is 342 g/mol. The summed E-state index contributed by atoms with van der Waals surface area (Å²) in [5.74, 6) is 0.370. The van der Waals surface area contributed by atoms with Crippen molar-refractivity contribution >= 4 is 11.6 Å². The summed E-state index contributed by atoms with van der Waals surface area (Å²) in [5, 5.41) is 11.7. The minimum absolute atomic E-state index is 0.275. The van der Waals surface area contributed by atoms with Crippen LogP contribution in [0.3, 0.4) is 0 Å². The van der Waals surface area contributed by atoms with Gasteiger partial charge in [0.15, 0.2) is 6.10 Å². The van der Waals surface area contributed by atoms with Gasteiger partial charge in [0.2, 0.25) is 0 Å². The third-order valence-electron chi connectivity index (χ3n) is 3.90. The standard InChI is InChI=1S/C22H18N2O2/c1-16(22(25)24-19-11-7-8-17(14-19)15-23)26-21-13-6-5-12-20(21)18-9-3-2-4-10-18/h2-14,16H,1H3,(H,24,25)/t16-/m1/s1. The predicted octanol–water partition coefficient (Wildman–Crippen LogP) is 4.63. The van der Waals surface area contributed by atoms with Crippen LogP contribution in [-0.4, -0.2) is 12.0 Å². The molecule has 1 amide bonds. The highest BCUT2D eigenvalue weighted by Gasteiger charge is 2.17. The second-order valence-electron chi connectivity index (χ2n) is 5.80. The molecule has 4 nitrogen and oxygen atoms in total. The molecule has 0 saturated heterocycles. The number of nitrogens with one attached hydrogen (secondary N) is 1. The molecule has 3 aromatic carbocycles. The number of carbonyl (C=O) groups excluding carboxylic acids is 1. The van der Waals surface area contributed by atoms with Gasteiger partial charge in [-0.1, -0.05) is 54.6 Å². The molecule has 0 radical (unpaired) electrons. The molecule has 0 heterocycles. The van der Waals surface area contributed by atoms with Crippen LogP contribution in [-0.2, 0) is 4.79 Å². The van der Waals surface area contributed by atoms with E-state index in [4.69, 9.17) is 10.00 Å². The summed E-state index contributed by atoms with van der Waals surface area (Å²) >= 11 is 0. The molecule has 0 aliphatic heterocycles. The third kappa shape index (κ3) is 4.08. The van der Waals surface area contributed by atoms with Crippen LogP contribution < -0.4 is 10.1 Å². The van der Waals surface area contributed by atoms with E-state index in [0.29, 0.717) is 17.0 Å². The lowest BCUT2D eigenvalue weighted by Crippen LogP contribution is -2.30. The van der Waals surface area contributed by atoms with Crippen LogP contribution in [0.1, 0.15) is 12.5 Å². The summed E-state index contributed by atoms with van der Waals surface area (Å²) < 4.78 is 5.91. The fourth-order valence-corrected chi connectivity index (χ4v) is 2.58. The maximum atomic E-state index is 12.4. The third-order valence-corrected chi connectivity index (χ3v) is 3.90. The smallest absolute Gasteiger partial charge is 0.265 e. The molecule has 4 heteroatoms. The van der Waals surface area contributed by atoms with Gasteiger partial charge in [-0.2, -0.15) is 5.26 Å². The Kier molecular flexibility index (Phi) is 5.31. The number of hydrogen-bond acceptors (Lipinski definition) is 3. The number of amides is 1. The van der Waals surface area contributed by atoms with E-state index in [1.807, 2.05) is 54.6 Å². The zero-order chi connectivity index (χ0) is 18.4. The molecule has 1 atom stereocenters. The number of carbonyl (C=O) groups is 1. The molecule has 0 unspecified atom stereocenters. The molecule has 0 aliphatic carbocycles. The first-order valence-electron chi connectivity index (χ1n) is 8.29. The van der Waals surface area contributed by atoms with Crippen molar-refractivity contribution in [1.29, 1.82) is 5.26 Å². The van der Waals surface area contributed by atoms with Gasteiger partial charge in [0.05, 0.1) is 11.6 Å². The number of hydrogen-bond donors (Lipinski definition) is 1. The minimum atomic E-state index is -0.689. The van der Waals surface area contributed by atoms with Crippen molar-refractivity contribution in [3.63, 3.8) is 0 Å². The Labute approximate surface area is 152 Å². The van der Waals surface area contributed by atoms with Crippen molar-refractivity contribution in [2.45, 2.75) is 13.0 Å². The van der Waals surface area contributed by atoms with E-state index in [0.717, 1.165) is 11.1 Å². The Morgan fingerprint density at radius 3 is 2.50 bits per heavy atom. The number of rotatable bonds is 5. The number of benzene rings is 3. The number of nitriles is 1. The van der Waals surface area contributed by atoms with E-state index in [1.165, 1.54) is 0 Å². The fourth-order valence-electron chi connectivity index (χ4n) is 2.58. The molecule has 1 N–H and O–H groups in total. The van der Waals surface area contributed by atoms with Crippen LogP contribution in [0.15, 0.2) is 78.9 Å². The normalized spacial score (nSPS) is 11.2.